The number of anilines is 1. The largest absolute Gasteiger partial charge is 0.465 e. The summed E-state index contributed by atoms with van der Waals surface area (Å²) in [6.07, 6.45) is -1.30. The molecule has 5 N–H and O–H groups in total. The van der Waals surface area contributed by atoms with Gasteiger partial charge in [-0.1, -0.05) is 12.1 Å². The monoisotopic (exact) mass is 245 g/mol. The highest BCUT2D eigenvalue weighted by molar-refractivity contribution is 6.02. The van der Waals surface area contributed by atoms with E-state index >= 15 is 0 Å². The van der Waals surface area contributed by atoms with E-state index in [1.165, 1.54) is 6.07 Å². The van der Waals surface area contributed by atoms with Crippen molar-refractivity contribution in [2.45, 2.75) is 0 Å². The molecule has 2 aromatic rings. The van der Waals surface area contributed by atoms with Gasteiger partial charge in [0, 0.05) is 11.3 Å². The van der Waals surface area contributed by atoms with Crippen molar-refractivity contribution in [3.8, 4) is 11.3 Å². The Morgan fingerprint density at radius 1 is 1.33 bits per heavy atom. The molecule has 2 rings (SSSR count). The van der Waals surface area contributed by atoms with Gasteiger partial charge in [-0.15, -0.1) is 0 Å². The number of hydrogen-bond donors (Lipinski definition) is 4. The van der Waals surface area contributed by atoms with Gasteiger partial charge in [0.1, 0.15) is 5.76 Å². The number of hydrogen-bond acceptors (Lipinski definition) is 4. The molecule has 0 fully saturated rings. The Bertz CT molecular complexity index is 604. The van der Waals surface area contributed by atoms with E-state index in [0.717, 1.165) is 5.56 Å². The van der Waals surface area contributed by atoms with Crippen LogP contribution in [0.1, 0.15) is 5.76 Å². The molecule has 0 radical (unpaired) electrons. The fourth-order valence-electron chi connectivity index (χ4n) is 1.49. The Labute approximate surface area is 103 Å². The Morgan fingerprint density at radius 2 is 2.11 bits per heavy atom. The normalized spacial score (nSPS) is 10.0. The molecule has 18 heavy (non-hydrogen) atoms. The van der Waals surface area contributed by atoms with Crippen molar-refractivity contribution in [3.63, 3.8) is 0 Å². The van der Waals surface area contributed by atoms with Crippen LogP contribution in [0.3, 0.4) is 0 Å². The lowest BCUT2D eigenvalue weighted by Crippen LogP contribution is -2.28. The van der Waals surface area contributed by atoms with Gasteiger partial charge >= 0.3 is 6.09 Å². The van der Waals surface area contributed by atoms with Crippen LogP contribution in [0.15, 0.2) is 40.8 Å². The van der Waals surface area contributed by atoms with Crippen molar-refractivity contribution in [1.82, 2.24) is 5.32 Å². The third-order valence-corrected chi connectivity index (χ3v) is 2.26. The smallest absolute Gasteiger partial charge is 0.410 e. The first-order valence-electron chi connectivity index (χ1n) is 5.11. The second kappa shape index (κ2) is 4.62. The van der Waals surface area contributed by atoms with Crippen LogP contribution in [0.2, 0.25) is 0 Å². The summed E-state index contributed by atoms with van der Waals surface area (Å²) in [5.74, 6) is 0.363. The van der Waals surface area contributed by atoms with Crippen LogP contribution in [0, 0.1) is 5.41 Å². The lowest BCUT2D eigenvalue weighted by atomic mass is 10.1. The highest BCUT2D eigenvalue weighted by atomic mass is 16.4. The molecule has 0 spiro atoms. The fourth-order valence-corrected chi connectivity index (χ4v) is 1.49. The molecule has 1 heterocycles. The van der Waals surface area contributed by atoms with Gasteiger partial charge in [0.05, 0.1) is 0 Å². The molecule has 0 aliphatic carbocycles. The van der Waals surface area contributed by atoms with E-state index in [1.807, 2.05) is 11.4 Å². The molecule has 0 saturated carbocycles. The van der Waals surface area contributed by atoms with E-state index in [0.29, 0.717) is 11.4 Å². The fraction of sp³-hybridized carbons (Fsp3) is 0. The number of amidine groups is 1. The first kappa shape index (κ1) is 11.7. The summed E-state index contributed by atoms with van der Waals surface area (Å²) in [4.78, 5) is 10.4. The first-order chi connectivity index (χ1) is 8.56. The van der Waals surface area contributed by atoms with Gasteiger partial charge in [-0.25, -0.2) is 4.79 Å². The highest BCUT2D eigenvalue weighted by Gasteiger charge is 2.11. The molecule has 0 unspecified atom stereocenters. The predicted molar refractivity (Wildman–Crippen MR) is 66.5 cm³/mol. The Balaban J connectivity index is 2.25. The number of rotatable bonds is 2. The molecule has 0 aliphatic rings. The number of carboxylic acid groups (broad SMARTS) is 1. The van der Waals surface area contributed by atoms with Gasteiger partial charge in [-0.2, -0.15) is 0 Å². The Morgan fingerprint density at radius 3 is 2.78 bits per heavy atom. The number of nitrogen functional groups attached to an aromatic ring is 1. The molecule has 6 nitrogen and oxygen atoms in total. The van der Waals surface area contributed by atoms with Crippen LogP contribution in [0.25, 0.3) is 11.3 Å². The van der Waals surface area contributed by atoms with E-state index in [-0.39, 0.29) is 11.6 Å². The molecule has 0 saturated heterocycles. The minimum absolute atomic E-state index is 0.148. The van der Waals surface area contributed by atoms with Gasteiger partial charge in [-0.3, -0.25) is 10.7 Å². The van der Waals surface area contributed by atoms with E-state index in [2.05, 4.69) is 0 Å². The predicted octanol–water partition coefficient (Wildman–Crippen LogP) is 2.12. The molecule has 0 bridgehead atoms. The zero-order valence-corrected chi connectivity index (χ0v) is 9.31. The second-order valence-corrected chi connectivity index (χ2v) is 3.59. The summed E-state index contributed by atoms with van der Waals surface area (Å²) >= 11 is 0. The molecule has 0 atom stereocenters. The average Bonchev–Trinajstić information content (AvgIpc) is 2.77. The number of amides is 1. The minimum atomic E-state index is -1.30. The molecule has 0 aliphatic heterocycles. The zero-order chi connectivity index (χ0) is 13.1. The van der Waals surface area contributed by atoms with E-state index < -0.39 is 6.09 Å². The van der Waals surface area contributed by atoms with Crippen molar-refractivity contribution >= 4 is 17.6 Å². The van der Waals surface area contributed by atoms with Crippen molar-refractivity contribution in [2.24, 2.45) is 0 Å². The van der Waals surface area contributed by atoms with E-state index in [9.17, 15) is 4.79 Å². The van der Waals surface area contributed by atoms with Gasteiger partial charge in [0.15, 0.2) is 11.6 Å². The lowest BCUT2D eigenvalue weighted by Gasteiger charge is -2.00. The van der Waals surface area contributed by atoms with E-state index in [4.69, 9.17) is 20.7 Å². The number of nitrogens with one attached hydrogen (secondary N) is 2. The third-order valence-electron chi connectivity index (χ3n) is 2.26. The Hall–Kier alpha value is -2.76. The van der Waals surface area contributed by atoms with Crippen LogP contribution in [-0.4, -0.2) is 17.0 Å². The topological polar surface area (TPSA) is 112 Å². The molecular weight excluding hydrogens is 234 g/mol. The van der Waals surface area contributed by atoms with Gasteiger partial charge in [0.2, 0.25) is 0 Å². The highest BCUT2D eigenvalue weighted by Crippen LogP contribution is 2.23. The number of furan rings is 1. The maximum absolute atomic E-state index is 10.4. The standard InChI is InChI=1S/C12H11N3O3/c13-8-3-1-2-7(6-8)9-4-5-10(18-9)11(14)15-12(16)17/h1-6H,13H2,(H2,14,15)(H,16,17). The van der Waals surface area contributed by atoms with Crippen LogP contribution < -0.4 is 11.1 Å². The molecule has 1 aromatic heterocycles. The SMILES string of the molecule is N=C(NC(=O)O)c1ccc(-c2cccc(N)c2)o1. The van der Waals surface area contributed by atoms with E-state index in [1.54, 1.807) is 24.3 Å². The van der Waals surface area contributed by atoms with Gasteiger partial charge in [-0.05, 0) is 24.3 Å². The summed E-state index contributed by atoms with van der Waals surface area (Å²) in [6, 6.07) is 10.3. The van der Waals surface area contributed by atoms with Gasteiger partial charge in [0.25, 0.3) is 0 Å². The second-order valence-electron chi connectivity index (χ2n) is 3.59. The quantitative estimate of drug-likeness (QED) is 0.368. The molecule has 1 aromatic carbocycles. The molecule has 1 amide bonds. The number of carbonyl (C=O) groups is 1. The Kier molecular flexibility index (Phi) is 3.01. The summed E-state index contributed by atoms with van der Waals surface area (Å²) in [5.41, 5.74) is 7.02. The summed E-state index contributed by atoms with van der Waals surface area (Å²) in [5, 5.41) is 17.9. The number of nitrogens with two attached hydrogens (primary N) is 1. The molecule has 6 heteroatoms. The van der Waals surface area contributed by atoms with Crippen molar-refractivity contribution in [2.75, 3.05) is 5.73 Å². The summed E-state index contributed by atoms with van der Waals surface area (Å²) < 4.78 is 5.38. The molecular formula is C12H11N3O3. The zero-order valence-electron chi connectivity index (χ0n) is 9.31. The maximum atomic E-state index is 10.4. The third kappa shape index (κ3) is 2.49. The van der Waals surface area contributed by atoms with Gasteiger partial charge < -0.3 is 15.3 Å². The summed E-state index contributed by atoms with van der Waals surface area (Å²) in [7, 11) is 0. The average molecular weight is 245 g/mol. The summed E-state index contributed by atoms with van der Waals surface area (Å²) in [6.45, 7) is 0. The van der Waals surface area contributed by atoms with Crippen LogP contribution in [-0.2, 0) is 0 Å². The van der Waals surface area contributed by atoms with Crippen LogP contribution in [0.5, 0.6) is 0 Å². The van der Waals surface area contributed by atoms with Crippen molar-refractivity contribution < 1.29 is 14.3 Å². The minimum Gasteiger partial charge on any atom is -0.465 e. The maximum Gasteiger partial charge on any atom is 0.410 e. The van der Waals surface area contributed by atoms with Crippen molar-refractivity contribution in [3.05, 3.63) is 42.2 Å². The first-order valence-corrected chi connectivity index (χ1v) is 5.11. The molecule has 92 valence electrons. The van der Waals surface area contributed by atoms with Crippen LogP contribution >= 0.6 is 0 Å². The lowest BCUT2D eigenvalue weighted by molar-refractivity contribution is 0.200. The van der Waals surface area contributed by atoms with Crippen molar-refractivity contribution in [1.29, 1.82) is 5.41 Å². The number of benzene rings is 1. The van der Waals surface area contributed by atoms with Crippen LogP contribution in [0.4, 0.5) is 10.5 Å².